The molecule has 0 spiro atoms. The van der Waals surface area contributed by atoms with Gasteiger partial charge in [-0.1, -0.05) is 76.2 Å². The molecule has 2 rings (SSSR count). The van der Waals surface area contributed by atoms with Crippen LogP contribution in [0.1, 0.15) is 66.9 Å². The Morgan fingerprint density at radius 1 is 0.806 bits per heavy atom. The highest BCUT2D eigenvalue weighted by Gasteiger charge is 2.46. The van der Waals surface area contributed by atoms with E-state index in [1.807, 2.05) is 37.3 Å². The minimum atomic E-state index is -0.927. The molecule has 31 heavy (non-hydrogen) atoms. The standard InChI is InChI=1S/C27H41NO2.ClH/c1-8-29-27(30-25-17-13-10-14-18-25,24(19-21(2)3)20-22(4)5)28-26(6,7)23-15-11-9-12-16-23;/h9-18,21-22,24,28H,8,19-20H2,1-7H3;1H. The van der Waals surface area contributed by atoms with E-state index in [9.17, 15) is 0 Å². The molecule has 0 aliphatic carbocycles. The Kier molecular flexibility index (Phi) is 11.1. The summed E-state index contributed by atoms with van der Waals surface area (Å²) in [7, 11) is 0. The van der Waals surface area contributed by atoms with Gasteiger partial charge in [-0.25, -0.2) is 5.32 Å². The molecule has 0 saturated heterocycles. The predicted octanol–water partition coefficient (Wildman–Crippen LogP) is 7.41. The van der Waals surface area contributed by atoms with Crippen molar-refractivity contribution in [3.05, 3.63) is 66.2 Å². The summed E-state index contributed by atoms with van der Waals surface area (Å²) in [5.74, 6) is 1.16. The van der Waals surface area contributed by atoms with Crippen LogP contribution >= 0.6 is 12.4 Å². The first-order chi connectivity index (χ1) is 14.2. The maximum atomic E-state index is 6.73. The summed E-state index contributed by atoms with van der Waals surface area (Å²) in [6, 6.07) is 20.6. The lowest BCUT2D eigenvalue weighted by Gasteiger charge is -2.46. The van der Waals surface area contributed by atoms with Crippen LogP contribution in [0.3, 0.4) is 0 Å². The summed E-state index contributed by atoms with van der Waals surface area (Å²) in [5, 5.41) is 3.84. The van der Waals surface area contributed by atoms with Gasteiger partial charge in [-0.05, 0) is 63.1 Å². The topological polar surface area (TPSA) is 30.5 Å². The van der Waals surface area contributed by atoms with Crippen LogP contribution in [0.4, 0.5) is 0 Å². The summed E-state index contributed by atoms with van der Waals surface area (Å²) in [4.78, 5) is 0. The third-order valence-electron chi connectivity index (χ3n) is 5.40. The van der Waals surface area contributed by atoms with Gasteiger partial charge in [0, 0.05) is 18.1 Å². The van der Waals surface area contributed by atoms with Crippen molar-refractivity contribution in [2.75, 3.05) is 6.61 Å². The van der Waals surface area contributed by atoms with Crippen LogP contribution < -0.4 is 10.1 Å². The van der Waals surface area contributed by atoms with Crippen LogP contribution in [0.15, 0.2) is 60.7 Å². The maximum Gasteiger partial charge on any atom is 0.274 e. The van der Waals surface area contributed by atoms with Gasteiger partial charge < -0.3 is 9.47 Å². The molecule has 2 aromatic rings. The molecule has 0 fully saturated rings. The van der Waals surface area contributed by atoms with Crippen molar-refractivity contribution in [3.63, 3.8) is 0 Å². The molecule has 0 aromatic heterocycles. The minimum absolute atomic E-state index is 0. The molecule has 1 atom stereocenters. The highest BCUT2D eigenvalue weighted by atomic mass is 35.5. The van der Waals surface area contributed by atoms with Gasteiger partial charge in [0.1, 0.15) is 5.75 Å². The molecule has 1 N–H and O–H groups in total. The van der Waals surface area contributed by atoms with Crippen LogP contribution in [0, 0.1) is 17.8 Å². The summed E-state index contributed by atoms with van der Waals surface area (Å²) in [6.45, 7) is 16.1. The van der Waals surface area contributed by atoms with Crippen LogP contribution in [-0.4, -0.2) is 12.5 Å². The molecule has 0 bridgehead atoms. The van der Waals surface area contributed by atoms with Crippen LogP contribution in [0.2, 0.25) is 0 Å². The number of nitrogens with one attached hydrogen (secondary N) is 1. The smallest absolute Gasteiger partial charge is 0.274 e. The Morgan fingerprint density at radius 2 is 1.29 bits per heavy atom. The second kappa shape index (κ2) is 12.5. The van der Waals surface area contributed by atoms with Gasteiger partial charge in [0.15, 0.2) is 0 Å². The molecule has 0 amide bonds. The Hall–Kier alpha value is -1.55. The average molecular weight is 448 g/mol. The quantitative estimate of drug-likeness (QED) is 0.343. The van der Waals surface area contributed by atoms with Crippen LogP contribution in [-0.2, 0) is 10.3 Å². The number of halogens is 1. The van der Waals surface area contributed by atoms with E-state index < -0.39 is 5.91 Å². The molecule has 0 aliphatic heterocycles. The summed E-state index contributed by atoms with van der Waals surface area (Å²) in [6.07, 6.45) is 2.03. The van der Waals surface area contributed by atoms with Crippen molar-refractivity contribution < 1.29 is 9.47 Å². The molecule has 0 heterocycles. The number of hydrogen-bond donors (Lipinski definition) is 1. The van der Waals surface area contributed by atoms with Crippen molar-refractivity contribution in [3.8, 4) is 5.75 Å². The van der Waals surface area contributed by atoms with E-state index in [2.05, 4.69) is 77.2 Å². The van der Waals surface area contributed by atoms with Gasteiger partial charge in [-0.3, -0.25) is 0 Å². The second-order valence-electron chi connectivity index (χ2n) is 9.59. The van der Waals surface area contributed by atoms with Crippen LogP contribution in [0.25, 0.3) is 0 Å². The van der Waals surface area contributed by atoms with Gasteiger partial charge in [0.2, 0.25) is 0 Å². The number of hydrogen-bond acceptors (Lipinski definition) is 3. The van der Waals surface area contributed by atoms with Gasteiger partial charge in [-0.2, -0.15) is 0 Å². The third kappa shape index (κ3) is 8.14. The summed E-state index contributed by atoms with van der Waals surface area (Å²) < 4.78 is 13.3. The van der Waals surface area contributed by atoms with E-state index in [4.69, 9.17) is 9.47 Å². The van der Waals surface area contributed by atoms with Gasteiger partial charge >= 0.3 is 0 Å². The molecule has 174 valence electrons. The molecular weight excluding hydrogens is 406 g/mol. The van der Waals surface area contributed by atoms with Crippen molar-refractivity contribution in [2.24, 2.45) is 17.8 Å². The van der Waals surface area contributed by atoms with E-state index in [1.165, 1.54) is 5.56 Å². The second-order valence-corrected chi connectivity index (χ2v) is 9.59. The first-order valence-corrected chi connectivity index (χ1v) is 11.4. The molecular formula is C27H42ClNO2. The zero-order valence-corrected chi connectivity index (χ0v) is 21.2. The van der Waals surface area contributed by atoms with E-state index in [0.717, 1.165) is 18.6 Å². The van der Waals surface area contributed by atoms with Crippen molar-refractivity contribution >= 4 is 12.4 Å². The maximum absolute atomic E-state index is 6.73. The molecule has 0 aliphatic rings. The summed E-state index contributed by atoms with van der Waals surface area (Å²) >= 11 is 0. The molecule has 4 heteroatoms. The highest BCUT2D eigenvalue weighted by molar-refractivity contribution is 5.85. The van der Waals surface area contributed by atoms with E-state index in [-0.39, 0.29) is 23.9 Å². The average Bonchev–Trinajstić information content (AvgIpc) is 2.68. The number of para-hydroxylation sites is 1. The van der Waals surface area contributed by atoms with Crippen molar-refractivity contribution in [1.29, 1.82) is 0 Å². The summed E-state index contributed by atoms with van der Waals surface area (Å²) in [5.41, 5.74) is 0.871. The molecule has 3 nitrogen and oxygen atoms in total. The Balaban J connectivity index is 0.00000480. The Morgan fingerprint density at radius 3 is 1.74 bits per heavy atom. The van der Waals surface area contributed by atoms with Gasteiger partial charge in [-0.15, -0.1) is 12.4 Å². The van der Waals surface area contributed by atoms with E-state index in [0.29, 0.717) is 18.4 Å². The lowest BCUT2D eigenvalue weighted by molar-refractivity contribution is -0.253. The number of benzene rings is 2. The fourth-order valence-electron chi connectivity index (χ4n) is 4.18. The molecule has 1 unspecified atom stereocenters. The van der Waals surface area contributed by atoms with Crippen LogP contribution in [0.5, 0.6) is 5.75 Å². The molecule has 0 saturated carbocycles. The van der Waals surface area contributed by atoms with Gasteiger partial charge in [0.25, 0.3) is 5.91 Å². The van der Waals surface area contributed by atoms with Gasteiger partial charge in [0.05, 0.1) is 0 Å². The normalized spacial score (nSPS) is 13.9. The zero-order chi connectivity index (χ0) is 22.2. The minimum Gasteiger partial charge on any atom is -0.449 e. The molecule has 2 aromatic carbocycles. The van der Waals surface area contributed by atoms with E-state index in [1.54, 1.807) is 0 Å². The monoisotopic (exact) mass is 447 g/mol. The number of ether oxygens (including phenoxy) is 2. The van der Waals surface area contributed by atoms with Crippen molar-refractivity contribution in [2.45, 2.75) is 72.8 Å². The number of rotatable bonds is 12. The predicted molar refractivity (Wildman–Crippen MR) is 134 cm³/mol. The highest BCUT2D eigenvalue weighted by Crippen LogP contribution is 2.37. The Labute approximate surface area is 196 Å². The molecule has 0 radical (unpaired) electrons. The van der Waals surface area contributed by atoms with E-state index >= 15 is 0 Å². The first kappa shape index (κ1) is 27.5. The fourth-order valence-corrected chi connectivity index (χ4v) is 4.18. The first-order valence-electron chi connectivity index (χ1n) is 11.4. The largest absolute Gasteiger partial charge is 0.449 e. The third-order valence-corrected chi connectivity index (χ3v) is 5.40. The zero-order valence-electron chi connectivity index (χ0n) is 20.4. The Bertz CT molecular complexity index is 723. The lowest BCUT2D eigenvalue weighted by Crippen LogP contribution is -2.63. The fraction of sp³-hybridized carbons (Fsp3) is 0.556. The SMILES string of the molecule is CCOC(NC(C)(C)c1ccccc1)(Oc1ccccc1)C(CC(C)C)CC(C)C.Cl. The van der Waals surface area contributed by atoms with Crippen molar-refractivity contribution in [1.82, 2.24) is 5.32 Å². The lowest BCUT2D eigenvalue weighted by atomic mass is 9.84.